The van der Waals surface area contributed by atoms with E-state index in [1.165, 1.54) is 18.2 Å². The van der Waals surface area contributed by atoms with Gasteiger partial charge in [0.1, 0.15) is 0 Å². The molecule has 206 valence electrons. The molecule has 2 aliphatic heterocycles. The summed E-state index contributed by atoms with van der Waals surface area (Å²) < 4.78 is 20.6. The third-order valence-corrected chi connectivity index (χ3v) is 7.95. The molecule has 11 heteroatoms. The lowest BCUT2D eigenvalue weighted by molar-refractivity contribution is 0.0699. The number of imidazole rings is 1. The first-order chi connectivity index (χ1) is 19.3. The lowest BCUT2D eigenvalue weighted by atomic mass is 9.93. The summed E-state index contributed by atoms with van der Waals surface area (Å²) in [6.45, 7) is 2.52. The van der Waals surface area contributed by atoms with Crippen LogP contribution in [0.2, 0.25) is 5.02 Å². The summed E-state index contributed by atoms with van der Waals surface area (Å²) in [5, 5.41) is 14.8. The third kappa shape index (κ3) is 4.47. The Balaban J connectivity index is 1.30. The van der Waals surface area contributed by atoms with Gasteiger partial charge >= 0.3 is 12.1 Å². The highest BCUT2D eigenvalue weighted by Crippen LogP contribution is 2.46. The average molecular weight is 564 g/mol. The zero-order valence-corrected chi connectivity index (χ0v) is 22.4. The molecule has 1 saturated heterocycles. The van der Waals surface area contributed by atoms with Gasteiger partial charge in [-0.1, -0.05) is 41.9 Å². The Bertz CT molecular complexity index is 1620. The summed E-state index contributed by atoms with van der Waals surface area (Å²) in [5.41, 5.74) is -0.477. The molecule has 3 N–H and O–H groups in total. The number of hydrogen-bond acceptors (Lipinski definition) is 6. The van der Waals surface area contributed by atoms with Gasteiger partial charge in [-0.3, -0.25) is 9.69 Å². The van der Waals surface area contributed by atoms with E-state index in [-0.39, 0.29) is 27.8 Å². The molecular formula is C29H27ClFN5O4. The van der Waals surface area contributed by atoms with Crippen molar-refractivity contribution < 1.29 is 23.8 Å². The Kier molecular flexibility index (Phi) is 6.69. The zero-order valence-electron chi connectivity index (χ0n) is 21.7. The van der Waals surface area contributed by atoms with Crippen molar-refractivity contribution in [2.45, 2.75) is 18.6 Å². The molecule has 0 radical (unpaired) electrons. The van der Waals surface area contributed by atoms with Crippen molar-refractivity contribution in [1.29, 1.82) is 0 Å². The Hall–Kier alpha value is -3.99. The number of H-pyrrole nitrogens is 1. The van der Waals surface area contributed by atoms with Gasteiger partial charge in [0.2, 0.25) is 0 Å². The van der Waals surface area contributed by atoms with Gasteiger partial charge in [-0.25, -0.2) is 9.18 Å². The molecule has 4 aromatic rings. The van der Waals surface area contributed by atoms with Gasteiger partial charge in [0.05, 0.1) is 21.7 Å². The smallest absolute Gasteiger partial charge is 0.375 e. The fourth-order valence-corrected chi connectivity index (χ4v) is 5.63. The number of nitrogens with one attached hydrogen (secondary N) is 2. The summed E-state index contributed by atoms with van der Waals surface area (Å²) in [6, 6.07) is 15.6. The summed E-state index contributed by atoms with van der Waals surface area (Å²) in [4.78, 5) is 36.5. The molecule has 0 saturated carbocycles. The number of nitrogens with zero attached hydrogens (tertiary/aromatic N) is 3. The maximum Gasteiger partial charge on any atom is 0.415 e. The van der Waals surface area contributed by atoms with Crippen LogP contribution >= 0.6 is 11.6 Å². The Morgan fingerprint density at radius 2 is 1.98 bits per heavy atom. The highest BCUT2D eigenvalue weighted by molar-refractivity contribution is 6.31. The van der Waals surface area contributed by atoms with Crippen LogP contribution in [-0.2, 0) is 5.72 Å². The fraction of sp³-hybridized carbons (Fsp3) is 0.276. The van der Waals surface area contributed by atoms with Crippen LogP contribution in [0.5, 0.6) is 6.01 Å². The van der Waals surface area contributed by atoms with Crippen molar-refractivity contribution in [3.05, 3.63) is 88.2 Å². The van der Waals surface area contributed by atoms with Crippen LogP contribution in [0.15, 0.2) is 60.7 Å². The number of benzene rings is 3. The van der Waals surface area contributed by atoms with E-state index in [9.17, 15) is 14.7 Å². The van der Waals surface area contributed by atoms with E-state index in [4.69, 9.17) is 16.3 Å². The number of aliphatic hydroxyl groups is 1. The zero-order chi connectivity index (χ0) is 28.0. The lowest BCUT2D eigenvalue weighted by Crippen LogP contribution is -2.45. The molecule has 9 nitrogen and oxygen atoms in total. The molecule has 1 aromatic heterocycles. The minimum atomic E-state index is -2.05. The number of likely N-dealkylation sites (tertiary alicyclic amines) is 1. The molecule has 40 heavy (non-hydrogen) atoms. The molecule has 1 unspecified atom stereocenters. The molecule has 6 rings (SSSR count). The maximum absolute atomic E-state index is 15.2. The number of rotatable bonds is 5. The highest BCUT2D eigenvalue weighted by atomic mass is 35.5. The average Bonchev–Trinajstić information content (AvgIpc) is 3.45. The number of ether oxygens (including phenoxy) is 1. The van der Waals surface area contributed by atoms with Crippen molar-refractivity contribution in [2.75, 3.05) is 31.6 Å². The highest BCUT2D eigenvalue weighted by Gasteiger charge is 2.51. The molecule has 0 bridgehead atoms. The minimum Gasteiger partial charge on any atom is -0.375 e. The molecule has 0 aliphatic carbocycles. The van der Waals surface area contributed by atoms with Crippen LogP contribution in [-0.4, -0.2) is 58.7 Å². The summed E-state index contributed by atoms with van der Waals surface area (Å²) in [6.07, 6.45) is 1.40. The molecule has 1 atom stereocenters. The van der Waals surface area contributed by atoms with E-state index >= 15 is 4.39 Å². The monoisotopic (exact) mass is 563 g/mol. The number of carbonyl (C=O) groups excluding carboxylic acids is 2. The van der Waals surface area contributed by atoms with Crippen LogP contribution < -0.4 is 15.0 Å². The fourth-order valence-electron chi connectivity index (χ4n) is 5.46. The van der Waals surface area contributed by atoms with Crippen molar-refractivity contribution in [3.8, 4) is 6.01 Å². The topological polar surface area (TPSA) is 111 Å². The normalized spacial score (nSPS) is 19.7. The number of anilines is 1. The SMILES string of the molecule is CN1CCC(CNC(=O)Oc2nc3ccc(C4(O)c5ccccc5C(=O)N4c4cccc(Cl)c4F)cc3[nH]2)CC1. The number of aromatic nitrogens is 2. The predicted molar refractivity (Wildman–Crippen MR) is 148 cm³/mol. The van der Waals surface area contributed by atoms with Gasteiger partial charge in [0.15, 0.2) is 11.5 Å². The van der Waals surface area contributed by atoms with E-state index in [0.29, 0.717) is 29.1 Å². The summed E-state index contributed by atoms with van der Waals surface area (Å²) in [7, 11) is 2.08. The van der Waals surface area contributed by atoms with Gasteiger partial charge in [0.25, 0.3) is 5.91 Å². The van der Waals surface area contributed by atoms with Crippen molar-refractivity contribution in [2.24, 2.45) is 5.92 Å². The number of amides is 2. The standard InChI is InChI=1S/C29H27ClFN5O4/c1-35-13-11-17(12-14-35)16-32-28(38)40-27-33-22-10-9-18(15-23(22)34-27)29(39)20-6-3-2-5-19(20)26(37)36(29)24-8-4-7-21(30)25(24)31/h2-10,15,17,39H,11-14,16H2,1H3,(H,32,38)(H,33,34). The molecule has 3 heterocycles. The second-order valence-electron chi connectivity index (χ2n) is 10.2. The van der Waals surface area contributed by atoms with E-state index in [0.717, 1.165) is 30.8 Å². The number of aromatic amines is 1. The molecule has 2 aliphatic rings. The van der Waals surface area contributed by atoms with Gasteiger partial charge in [-0.05, 0) is 69.2 Å². The molecule has 2 amide bonds. The maximum atomic E-state index is 15.2. The third-order valence-electron chi connectivity index (χ3n) is 7.66. The first-order valence-corrected chi connectivity index (χ1v) is 13.4. The van der Waals surface area contributed by atoms with E-state index < -0.39 is 23.5 Å². The Morgan fingerprint density at radius 1 is 1.20 bits per heavy atom. The molecule has 3 aromatic carbocycles. The largest absolute Gasteiger partial charge is 0.415 e. The summed E-state index contributed by atoms with van der Waals surface area (Å²) in [5.74, 6) is -1.01. The van der Waals surface area contributed by atoms with Gasteiger partial charge in [-0.2, -0.15) is 4.98 Å². The Morgan fingerprint density at radius 3 is 2.77 bits per heavy atom. The first kappa shape index (κ1) is 26.2. The minimum absolute atomic E-state index is 0.0133. The lowest BCUT2D eigenvalue weighted by Gasteiger charge is -2.35. The van der Waals surface area contributed by atoms with Gasteiger partial charge in [0, 0.05) is 23.2 Å². The van der Waals surface area contributed by atoms with Gasteiger partial charge < -0.3 is 25.0 Å². The first-order valence-electron chi connectivity index (χ1n) is 13.0. The number of halogens is 2. The van der Waals surface area contributed by atoms with Crippen LogP contribution in [0.4, 0.5) is 14.9 Å². The van der Waals surface area contributed by atoms with E-state index in [1.54, 1.807) is 42.5 Å². The molecule has 0 spiro atoms. The van der Waals surface area contributed by atoms with Crippen LogP contribution in [0.25, 0.3) is 11.0 Å². The summed E-state index contributed by atoms with van der Waals surface area (Å²) >= 11 is 6.03. The van der Waals surface area contributed by atoms with Crippen molar-refractivity contribution >= 4 is 40.3 Å². The van der Waals surface area contributed by atoms with E-state index in [2.05, 4.69) is 27.2 Å². The number of piperidine rings is 1. The second-order valence-corrected chi connectivity index (χ2v) is 10.6. The number of fused-ring (bicyclic) bond motifs is 2. The second kappa shape index (κ2) is 10.2. The Labute approximate surface area is 234 Å². The van der Waals surface area contributed by atoms with Crippen molar-refractivity contribution in [1.82, 2.24) is 20.2 Å². The molecule has 1 fully saturated rings. The number of carbonyl (C=O) groups is 2. The quantitative estimate of drug-likeness (QED) is 0.326. The van der Waals surface area contributed by atoms with Crippen LogP contribution in [0.1, 0.15) is 34.3 Å². The number of hydrogen-bond donors (Lipinski definition) is 3. The van der Waals surface area contributed by atoms with Crippen LogP contribution in [0.3, 0.4) is 0 Å². The van der Waals surface area contributed by atoms with Crippen molar-refractivity contribution in [3.63, 3.8) is 0 Å². The van der Waals surface area contributed by atoms with Crippen LogP contribution in [0, 0.1) is 11.7 Å². The molecular weight excluding hydrogens is 537 g/mol. The van der Waals surface area contributed by atoms with Gasteiger partial charge in [-0.15, -0.1) is 0 Å². The predicted octanol–water partition coefficient (Wildman–Crippen LogP) is 4.64. The van der Waals surface area contributed by atoms with E-state index in [1.807, 2.05) is 0 Å².